The number of carbonyl (C=O) groups is 1. The summed E-state index contributed by atoms with van der Waals surface area (Å²) in [5.41, 5.74) is 0. The Bertz CT molecular complexity index is 157. The molecule has 0 aromatic carbocycles. The lowest BCUT2D eigenvalue weighted by Gasteiger charge is -2.30. The lowest BCUT2D eigenvalue weighted by atomic mass is 10.0. The molecule has 1 heterocycles. The highest BCUT2D eigenvalue weighted by molar-refractivity contribution is 6.17. The Kier molecular flexibility index (Phi) is 3.62. The summed E-state index contributed by atoms with van der Waals surface area (Å²) in [6.45, 7) is 3.10. The van der Waals surface area contributed by atoms with Gasteiger partial charge in [-0.1, -0.05) is 11.6 Å². The first kappa shape index (κ1) is 9.61. The van der Waals surface area contributed by atoms with Crippen molar-refractivity contribution in [2.75, 3.05) is 19.3 Å². The highest BCUT2D eigenvalue weighted by Crippen LogP contribution is 2.17. The van der Waals surface area contributed by atoms with E-state index in [-0.39, 0.29) is 12.2 Å². The molecule has 1 unspecified atom stereocenters. The number of alkyl halides is 1. The first-order valence-electron chi connectivity index (χ1n) is 3.71. The molecule has 0 aromatic rings. The van der Waals surface area contributed by atoms with Crippen molar-refractivity contribution in [3.8, 4) is 0 Å². The van der Waals surface area contributed by atoms with Gasteiger partial charge in [-0.25, -0.2) is 4.79 Å². The van der Waals surface area contributed by atoms with Crippen molar-refractivity contribution in [2.45, 2.75) is 13.0 Å². The van der Waals surface area contributed by atoms with Crippen molar-refractivity contribution in [1.29, 1.82) is 0 Å². The molecule has 0 aromatic heterocycles. The number of ether oxygens (including phenoxy) is 3. The summed E-state index contributed by atoms with van der Waals surface area (Å²) in [4.78, 5) is 10.7. The van der Waals surface area contributed by atoms with E-state index in [2.05, 4.69) is 4.74 Å². The zero-order chi connectivity index (χ0) is 8.97. The predicted octanol–water partition coefficient (Wildman–Crippen LogP) is 1.37. The number of hydrogen-bond donors (Lipinski definition) is 0. The summed E-state index contributed by atoms with van der Waals surface area (Å²) in [6, 6.07) is -0.174. The molecule has 0 amide bonds. The maximum atomic E-state index is 10.7. The maximum Gasteiger partial charge on any atom is 0.509 e. The highest BCUT2D eigenvalue weighted by atomic mass is 35.5. The average molecular weight is 195 g/mol. The van der Waals surface area contributed by atoms with Gasteiger partial charge in [0, 0.05) is 5.92 Å². The molecule has 0 spiro atoms. The van der Waals surface area contributed by atoms with Crippen LogP contribution in [0.5, 0.6) is 0 Å². The molecule has 12 heavy (non-hydrogen) atoms. The average Bonchev–Trinajstić information content (AvgIpc) is 1.82. The van der Waals surface area contributed by atoms with Crippen molar-refractivity contribution in [2.24, 2.45) is 5.92 Å². The van der Waals surface area contributed by atoms with Gasteiger partial charge in [0.1, 0.15) is 6.10 Å². The summed E-state index contributed by atoms with van der Waals surface area (Å²) in [7, 11) is 0. The van der Waals surface area contributed by atoms with Crippen LogP contribution >= 0.6 is 11.6 Å². The smallest absolute Gasteiger partial charge is 0.431 e. The molecule has 70 valence electrons. The van der Waals surface area contributed by atoms with Gasteiger partial charge in [-0.15, -0.1) is 0 Å². The number of rotatable bonds is 3. The lowest BCUT2D eigenvalue weighted by Crippen LogP contribution is -2.38. The van der Waals surface area contributed by atoms with Crippen LogP contribution in [-0.4, -0.2) is 31.5 Å². The summed E-state index contributed by atoms with van der Waals surface area (Å²) < 4.78 is 14.2. The van der Waals surface area contributed by atoms with E-state index in [0.29, 0.717) is 19.1 Å². The van der Waals surface area contributed by atoms with Crippen LogP contribution in [0.25, 0.3) is 0 Å². The van der Waals surface area contributed by atoms with E-state index in [4.69, 9.17) is 21.1 Å². The van der Waals surface area contributed by atoms with Crippen molar-refractivity contribution in [3.05, 3.63) is 0 Å². The Labute approximate surface area is 75.7 Å². The fourth-order valence-electron chi connectivity index (χ4n) is 0.852. The Morgan fingerprint density at radius 2 is 2.42 bits per heavy atom. The molecule has 0 aliphatic carbocycles. The third kappa shape index (κ3) is 2.53. The van der Waals surface area contributed by atoms with Crippen molar-refractivity contribution in [3.63, 3.8) is 0 Å². The molecule has 1 rings (SSSR count). The van der Waals surface area contributed by atoms with Crippen LogP contribution in [0.1, 0.15) is 6.92 Å². The van der Waals surface area contributed by atoms with Crippen molar-refractivity contribution < 1.29 is 19.0 Å². The van der Waals surface area contributed by atoms with Crippen LogP contribution in [0.2, 0.25) is 0 Å². The van der Waals surface area contributed by atoms with Gasteiger partial charge in [0.2, 0.25) is 0 Å². The second kappa shape index (κ2) is 4.52. The molecular weight excluding hydrogens is 184 g/mol. The summed E-state index contributed by atoms with van der Waals surface area (Å²) in [6.07, 6.45) is -0.876. The van der Waals surface area contributed by atoms with Gasteiger partial charge in [-0.05, 0) is 6.92 Å². The minimum absolute atomic E-state index is 0.158. The molecule has 4 nitrogen and oxygen atoms in total. The number of halogens is 1. The second-order valence-electron chi connectivity index (χ2n) is 2.62. The summed E-state index contributed by atoms with van der Waals surface area (Å²) in [5, 5.41) is 0. The first-order chi connectivity index (χ1) is 5.74. The van der Waals surface area contributed by atoms with Gasteiger partial charge in [0.05, 0.1) is 13.2 Å². The van der Waals surface area contributed by atoms with E-state index in [1.807, 2.05) is 6.92 Å². The molecular formula is C7H11ClO4. The Morgan fingerprint density at radius 1 is 1.75 bits per heavy atom. The van der Waals surface area contributed by atoms with E-state index in [1.54, 1.807) is 0 Å². The van der Waals surface area contributed by atoms with E-state index in [1.165, 1.54) is 0 Å². The number of hydrogen-bond acceptors (Lipinski definition) is 4. The fourth-order valence-corrected chi connectivity index (χ4v) is 0.941. The largest absolute Gasteiger partial charge is 0.509 e. The van der Waals surface area contributed by atoms with E-state index >= 15 is 0 Å². The second-order valence-corrected chi connectivity index (χ2v) is 2.84. The zero-order valence-electron chi connectivity index (χ0n) is 6.79. The number of carbonyl (C=O) groups excluding carboxylic acids is 1. The van der Waals surface area contributed by atoms with Crippen LogP contribution < -0.4 is 0 Å². The Hall–Kier alpha value is -0.480. The lowest BCUT2D eigenvalue weighted by molar-refractivity contribution is -0.0963. The van der Waals surface area contributed by atoms with Crippen LogP contribution in [0.4, 0.5) is 4.79 Å². The molecule has 1 atom stereocenters. The normalized spacial score (nSPS) is 19.5. The molecule has 1 saturated heterocycles. The summed E-state index contributed by atoms with van der Waals surface area (Å²) in [5.74, 6) is 0.299. The van der Waals surface area contributed by atoms with Gasteiger partial charge in [0.25, 0.3) is 0 Å². The first-order valence-corrected chi connectivity index (χ1v) is 4.24. The van der Waals surface area contributed by atoms with E-state index in [0.717, 1.165) is 0 Å². The van der Waals surface area contributed by atoms with E-state index in [9.17, 15) is 4.79 Å². The van der Waals surface area contributed by atoms with Gasteiger partial charge < -0.3 is 14.2 Å². The molecule has 1 aliphatic rings. The molecule has 0 bridgehead atoms. The zero-order valence-corrected chi connectivity index (χ0v) is 7.54. The quantitative estimate of drug-likeness (QED) is 0.503. The fraction of sp³-hybridized carbons (Fsp3) is 0.857. The van der Waals surface area contributed by atoms with E-state index < -0.39 is 6.16 Å². The molecule has 0 N–H and O–H groups in total. The molecule has 0 radical (unpaired) electrons. The molecule has 0 saturated carbocycles. The minimum atomic E-state index is -0.718. The third-order valence-corrected chi connectivity index (χ3v) is 1.89. The SMILES string of the molecule is CC(OC(=O)OCCl)C1COC1. The van der Waals surface area contributed by atoms with Gasteiger partial charge in [-0.3, -0.25) is 0 Å². The van der Waals surface area contributed by atoms with Crippen LogP contribution in [-0.2, 0) is 14.2 Å². The van der Waals surface area contributed by atoms with Crippen molar-refractivity contribution in [1.82, 2.24) is 0 Å². The van der Waals surface area contributed by atoms with Crippen LogP contribution in [0.3, 0.4) is 0 Å². The molecule has 5 heteroatoms. The summed E-state index contributed by atoms with van der Waals surface area (Å²) >= 11 is 5.16. The van der Waals surface area contributed by atoms with Gasteiger partial charge >= 0.3 is 6.16 Å². The topological polar surface area (TPSA) is 44.8 Å². The van der Waals surface area contributed by atoms with Crippen LogP contribution in [0.15, 0.2) is 0 Å². The van der Waals surface area contributed by atoms with Crippen molar-refractivity contribution >= 4 is 17.8 Å². The van der Waals surface area contributed by atoms with Crippen LogP contribution in [0, 0.1) is 5.92 Å². The predicted molar refractivity (Wildman–Crippen MR) is 42.1 cm³/mol. The standard InChI is InChI=1S/C7H11ClO4/c1-5(6-2-10-3-6)12-7(9)11-4-8/h5-6H,2-4H2,1H3. The minimum Gasteiger partial charge on any atom is -0.431 e. The maximum absolute atomic E-state index is 10.7. The monoisotopic (exact) mass is 194 g/mol. The third-order valence-electron chi connectivity index (χ3n) is 1.78. The molecule has 1 fully saturated rings. The Morgan fingerprint density at radius 3 is 2.83 bits per heavy atom. The Balaban J connectivity index is 2.15. The van der Waals surface area contributed by atoms with Gasteiger partial charge in [0.15, 0.2) is 6.07 Å². The van der Waals surface area contributed by atoms with Gasteiger partial charge in [-0.2, -0.15) is 0 Å². The highest BCUT2D eigenvalue weighted by Gasteiger charge is 2.28. The molecule has 1 aliphatic heterocycles.